The quantitative estimate of drug-likeness (QED) is 0.789. The fourth-order valence-electron chi connectivity index (χ4n) is 2.16. The molecular formula is C14H28N2O2S. The molecule has 1 fully saturated rings. The molecule has 2 N–H and O–H groups in total. The van der Waals surface area contributed by atoms with Gasteiger partial charge in [-0.15, -0.1) is 0 Å². The Labute approximate surface area is 121 Å². The third-order valence-corrected chi connectivity index (χ3v) is 3.93. The first-order valence-corrected chi connectivity index (χ1v) is 8.48. The number of hydrogen-bond donors (Lipinski definition) is 2. The number of rotatable bonds is 6. The summed E-state index contributed by atoms with van der Waals surface area (Å²) in [5.41, 5.74) is -0.420. The molecule has 1 aliphatic carbocycles. The molecule has 0 radical (unpaired) electrons. The summed E-state index contributed by atoms with van der Waals surface area (Å²) in [6.45, 7) is 7.85. The van der Waals surface area contributed by atoms with Gasteiger partial charge in [0.25, 0.3) is 0 Å². The Morgan fingerprint density at radius 2 is 2.00 bits per heavy atom. The van der Waals surface area contributed by atoms with E-state index in [1.807, 2.05) is 32.5 Å². The van der Waals surface area contributed by atoms with Gasteiger partial charge in [0, 0.05) is 23.9 Å². The fraction of sp³-hybridized carbons (Fsp3) is 0.929. The zero-order valence-electron chi connectivity index (χ0n) is 12.8. The van der Waals surface area contributed by atoms with Crippen molar-refractivity contribution in [3.05, 3.63) is 0 Å². The first-order valence-electron chi connectivity index (χ1n) is 7.08. The highest BCUT2D eigenvalue weighted by atomic mass is 32.2. The van der Waals surface area contributed by atoms with Gasteiger partial charge in [0.1, 0.15) is 5.60 Å². The van der Waals surface area contributed by atoms with Crippen molar-refractivity contribution in [1.29, 1.82) is 0 Å². The highest BCUT2D eigenvalue weighted by molar-refractivity contribution is 7.98. The summed E-state index contributed by atoms with van der Waals surface area (Å²) in [6, 6.07) is 1.39. The molecule has 1 amide bonds. The summed E-state index contributed by atoms with van der Waals surface area (Å²) in [5.74, 6) is 1.15. The minimum absolute atomic E-state index is 0.263. The van der Waals surface area contributed by atoms with Crippen LogP contribution in [0.25, 0.3) is 0 Å². The molecule has 0 bridgehead atoms. The standard InChI is InChI=1S/C14H28N2O2S/c1-6-10(9-19-5)15-11-7-12(8-11)16-13(17)18-14(2,3)4/h10-12,15H,6-9H2,1-5H3,(H,16,17). The maximum Gasteiger partial charge on any atom is 0.407 e. The molecule has 19 heavy (non-hydrogen) atoms. The summed E-state index contributed by atoms with van der Waals surface area (Å²) in [6.07, 6.45) is 5.00. The normalized spacial score (nSPS) is 24.5. The molecule has 0 heterocycles. The van der Waals surface area contributed by atoms with Crippen LogP contribution >= 0.6 is 11.8 Å². The number of thioether (sulfide) groups is 1. The average molecular weight is 288 g/mol. The predicted octanol–water partition coefficient (Wildman–Crippen LogP) is 2.77. The van der Waals surface area contributed by atoms with Crippen LogP contribution in [-0.4, -0.2) is 41.8 Å². The van der Waals surface area contributed by atoms with Gasteiger partial charge in [-0.05, 0) is 46.3 Å². The lowest BCUT2D eigenvalue weighted by atomic mass is 9.86. The Morgan fingerprint density at radius 1 is 1.37 bits per heavy atom. The first kappa shape index (κ1) is 16.6. The highest BCUT2D eigenvalue weighted by Crippen LogP contribution is 2.22. The molecule has 0 spiro atoms. The second kappa shape index (κ2) is 7.39. The van der Waals surface area contributed by atoms with E-state index in [-0.39, 0.29) is 12.1 Å². The van der Waals surface area contributed by atoms with Gasteiger partial charge in [-0.2, -0.15) is 11.8 Å². The summed E-state index contributed by atoms with van der Waals surface area (Å²) in [5, 5.41) is 6.56. The molecule has 4 nitrogen and oxygen atoms in total. The van der Waals surface area contributed by atoms with Gasteiger partial charge in [0.05, 0.1) is 0 Å². The van der Waals surface area contributed by atoms with E-state index in [4.69, 9.17) is 4.74 Å². The number of carbonyl (C=O) groups excluding carboxylic acids is 1. The van der Waals surface area contributed by atoms with Crippen LogP contribution in [0.15, 0.2) is 0 Å². The van der Waals surface area contributed by atoms with E-state index < -0.39 is 5.60 Å². The highest BCUT2D eigenvalue weighted by Gasteiger charge is 2.32. The minimum atomic E-state index is -0.420. The third-order valence-electron chi connectivity index (χ3n) is 3.19. The van der Waals surface area contributed by atoms with E-state index in [1.54, 1.807) is 0 Å². The van der Waals surface area contributed by atoms with Crippen molar-refractivity contribution in [3.63, 3.8) is 0 Å². The smallest absolute Gasteiger partial charge is 0.407 e. The Morgan fingerprint density at radius 3 is 2.47 bits per heavy atom. The van der Waals surface area contributed by atoms with Gasteiger partial charge < -0.3 is 15.4 Å². The number of nitrogens with one attached hydrogen (secondary N) is 2. The largest absolute Gasteiger partial charge is 0.444 e. The van der Waals surface area contributed by atoms with E-state index in [1.165, 1.54) is 0 Å². The molecule has 1 atom stereocenters. The maximum absolute atomic E-state index is 11.6. The molecular weight excluding hydrogens is 260 g/mol. The minimum Gasteiger partial charge on any atom is -0.444 e. The predicted molar refractivity (Wildman–Crippen MR) is 81.8 cm³/mol. The molecule has 0 saturated heterocycles. The van der Waals surface area contributed by atoms with E-state index in [2.05, 4.69) is 23.8 Å². The Hall–Kier alpha value is -0.420. The van der Waals surface area contributed by atoms with E-state index in [9.17, 15) is 4.79 Å². The van der Waals surface area contributed by atoms with E-state index in [0.717, 1.165) is 25.0 Å². The van der Waals surface area contributed by atoms with Crippen LogP contribution in [0.5, 0.6) is 0 Å². The zero-order valence-corrected chi connectivity index (χ0v) is 13.6. The molecule has 112 valence electrons. The van der Waals surface area contributed by atoms with E-state index in [0.29, 0.717) is 12.1 Å². The maximum atomic E-state index is 11.6. The van der Waals surface area contributed by atoms with Crippen molar-refractivity contribution in [2.45, 2.75) is 70.7 Å². The Kier molecular flexibility index (Phi) is 6.47. The lowest BCUT2D eigenvalue weighted by Crippen LogP contribution is -2.55. The SMILES string of the molecule is CCC(CSC)NC1CC(NC(=O)OC(C)(C)C)C1. The average Bonchev–Trinajstić information content (AvgIpc) is 2.22. The van der Waals surface area contributed by atoms with Crippen LogP contribution in [0.3, 0.4) is 0 Å². The van der Waals surface area contributed by atoms with Crippen molar-refractivity contribution in [2.75, 3.05) is 12.0 Å². The van der Waals surface area contributed by atoms with Crippen molar-refractivity contribution in [1.82, 2.24) is 10.6 Å². The summed E-state index contributed by atoms with van der Waals surface area (Å²) in [7, 11) is 0. The van der Waals surface area contributed by atoms with Crippen LogP contribution in [0.1, 0.15) is 47.0 Å². The van der Waals surface area contributed by atoms with Crippen LogP contribution in [0.2, 0.25) is 0 Å². The molecule has 1 aliphatic rings. The van der Waals surface area contributed by atoms with E-state index >= 15 is 0 Å². The van der Waals surface area contributed by atoms with Crippen molar-refractivity contribution in [2.24, 2.45) is 0 Å². The number of amides is 1. The molecule has 1 unspecified atom stereocenters. The molecule has 5 heteroatoms. The summed E-state index contributed by atoms with van der Waals surface area (Å²) >= 11 is 1.88. The Balaban J connectivity index is 2.18. The van der Waals surface area contributed by atoms with Gasteiger partial charge in [-0.25, -0.2) is 4.79 Å². The molecule has 0 aromatic heterocycles. The topological polar surface area (TPSA) is 50.4 Å². The Bertz CT molecular complexity index is 286. The van der Waals surface area contributed by atoms with Crippen LogP contribution in [0, 0.1) is 0 Å². The number of ether oxygens (including phenoxy) is 1. The number of alkyl carbamates (subject to hydrolysis) is 1. The van der Waals surface area contributed by atoms with Gasteiger partial charge in [-0.1, -0.05) is 6.92 Å². The number of carbonyl (C=O) groups is 1. The molecule has 0 aliphatic heterocycles. The first-order chi connectivity index (χ1) is 8.84. The second-order valence-corrected chi connectivity index (χ2v) is 7.15. The van der Waals surface area contributed by atoms with Crippen molar-refractivity contribution >= 4 is 17.9 Å². The molecule has 1 rings (SSSR count). The van der Waals surface area contributed by atoms with Gasteiger partial charge in [0.2, 0.25) is 0 Å². The lowest BCUT2D eigenvalue weighted by molar-refractivity contribution is 0.0463. The van der Waals surface area contributed by atoms with Crippen molar-refractivity contribution < 1.29 is 9.53 Å². The van der Waals surface area contributed by atoms with Crippen LogP contribution in [-0.2, 0) is 4.74 Å². The number of hydrogen-bond acceptors (Lipinski definition) is 4. The van der Waals surface area contributed by atoms with Crippen LogP contribution < -0.4 is 10.6 Å². The van der Waals surface area contributed by atoms with Gasteiger partial charge in [0.15, 0.2) is 0 Å². The summed E-state index contributed by atoms with van der Waals surface area (Å²) in [4.78, 5) is 11.6. The lowest BCUT2D eigenvalue weighted by Gasteiger charge is -2.38. The van der Waals surface area contributed by atoms with Gasteiger partial charge >= 0.3 is 6.09 Å². The fourth-order valence-corrected chi connectivity index (χ4v) is 2.90. The molecule has 1 saturated carbocycles. The van der Waals surface area contributed by atoms with Gasteiger partial charge in [-0.3, -0.25) is 0 Å². The summed E-state index contributed by atoms with van der Waals surface area (Å²) < 4.78 is 5.25. The van der Waals surface area contributed by atoms with Crippen molar-refractivity contribution in [3.8, 4) is 0 Å². The zero-order chi connectivity index (χ0) is 14.5. The van der Waals surface area contributed by atoms with Crippen LogP contribution in [0.4, 0.5) is 4.79 Å². The second-order valence-electron chi connectivity index (χ2n) is 6.24. The third kappa shape index (κ3) is 6.52. The molecule has 0 aromatic carbocycles. The monoisotopic (exact) mass is 288 g/mol. The molecule has 0 aromatic rings.